The third kappa shape index (κ3) is 1.93. The van der Waals surface area contributed by atoms with Crippen molar-refractivity contribution in [2.45, 2.75) is 44.2 Å². The van der Waals surface area contributed by atoms with E-state index in [0.717, 1.165) is 19.4 Å². The van der Waals surface area contributed by atoms with Crippen LogP contribution in [0.3, 0.4) is 0 Å². The zero-order valence-electron chi connectivity index (χ0n) is 8.52. The lowest BCUT2D eigenvalue weighted by Crippen LogP contribution is -2.33. The summed E-state index contributed by atoms with van der Waals surface area (Å²) in [6.45, 7) is 3.82. The molecule has 0 amide bonds. The minimum Gasteiger partial charge on any atom is -0.388 e. The quantitative estimate of drug-likeness (QED) is 0.667. The molecule has 2 rings (SSSR count). The summed E-state index contributed by atoms with van der Waals surface area (Å²) >= 11 is 0. The van der Waals surface area contributed by atoms with Crippen LogP contribution < -0.4 is 0 Å². The highest BCUT2D eigenvalue weighted by atomic mass is 16.6. The number of rotatable bonds is 4. The predicted molar refractivity (Wildman–Crippen MR) is 50.1 cm³/mol. The normalized spacial score (nSPS) is 41.6. The Morgan fingerprint density at radius 1 is 1.29 bits per heavy atom. The van der Waals surface area contributed by atoms with Gasteiger partial charge in [0.25, 0.3) is 0 Å². The molecule has 4 nitrogen and oxygen atoms in total. The summed E-state index contributed by atoms with van der Waals surface area (Å²) < 4.78 is 16.5. The highest BCUT2D eigenvalue weighted by Crippen LogP contribution is 2.28. The SMILES string of the molecule is CCCCO[C@H]1CO[C@H]2[C@@H]1OC[C@H]2O. The molecule has 0 saturated carbocycles. The number of unbranched alkanes of at least 4 members (excludes halogenated alkanes) is 1. The Kier molecular flexibility index (Phi) is 3.38. The standard InChI is InChI=1S/C10H18O4/c1-2-3-4-12-8-6-14-9-7(11)5-13-10(8)9/h7-11H,2-6H2,1H3/t7-,8+,9-,10-/m1/s1. The Balaban J connectivity index is 1.78. The molecule has 2 fully saturated rings. The van der Waals surface area contributed by atoms with Gasteiger partial charge in [-0.15, -0.1) is 0 Å². The van der Waals surface area contributed by atoms with Crippen LogP contribution in [0.25, 0.3) is 0 Å². The summed E-state index contributed by atoms with van der Waals surface area (Å²) in [5.41, 5.74) is 0. The molecule has 0 spiro atoms. The molecule has 0 aliphatic carbocycles. The first-order valence-corrected chi connectivity index (χ1v) is 5.35. The van der Waals surface area contributed by atoms with Crippen LogP contribution in [0.1, 0.15) is 19.8 Å². The van der Waals surface area contributed by atoms with Crippen LogP contribution in [0, 0.1) is 0 Å². The Bertz CT molecular complexity index is 185. The highest BCUT2D eigenvalue weighted by molar-refractivity contribution is 4.94. The van der Waals surface area contributed by atoms with E-state index in [-0.39, 0.29) is 18.3 Å². The van der Waals surface area contributed by atoms with Gasteiger partial charge >= 0.3 is 0 Å². The first-order chi connectivity index (χ1) is 6.83. The number of hydrogen-bond acceptors (Lipinski definition) is 4. The number of aliphatic hydroxyl groups excluding tert-OH is 1. The van der Waals surface area contributed by atoms with Gasteiger partial charge < -0.3 is 19.3 Å². The molecule has 0 aromatic heterocycles. The lowest BCUT2D eigenvalue weighted by Gasteiger charge is -2.16. The van der Waals surface area contributed by atoms with E-state index < -0.39 is 6.10 Å². The molecule has 2 aliphatic heterocycles. The van der Waals surface area contributed by atoms with Gasteiger partial charge in [-0.3, -0.25) is 0 Å². The topological polar surface area (TPSA) is 47.9 Å². The van der Waals surface area contributed by atoms with E-state index in [1.807, 2.05) is 0 Å². The van der Waals surface area contributed by atoms with Crippen LogP contribution in [0.5, 0.6) is 0 Å². The van der Waals surface area contributed by atoms with Gasteiger partial charge in [0.2, 0.25) is 0 Å². The van der Waals surface area contributed by atoms with Crippen LogP contribution in [0.2, 0.25) is 0 Å². The lowest BCUT2D eigenvalue weighted by molar-refractivity contribution is -0.0375. The highest BCUT2D eigenvalue weighted by Gasteiger charge is 2.47. The van der Waals surface area contributed by atoms with Crippen molar-refractivity contribution in [2.24, 2.45) is 0 Å². The molecule has 0 radical (unpaired) electrons. The van der Waals surface area contributed by atoms with E-state index in [2.05, 4.69) is 6.92 Å². The summed E-state index contributed by atoms with van der Waals surface area (Å²) in [6.07, 6.45) is 1.52. The van der Waals surface area contributed by atoms with Crippen molar-refractivity contribution in [1.82, 2.24) is 0 Å². The minimum absolute atomic E-state index is 0.0173. The monoisotopic (exact) mass is 202 g/mol. The number of hydrogen-bond donors (Lipinski definition) is 1. The zero-order chi connectivity index (χ0) is 9.97. The third-order valence-electron chi connectivity index (χ3n) is 2.81. The van der Waals surface area contributed by atoms with E-state index in [9.17, 15) is 5.11 Å². The fourth-order valence-electron chi connectivity index (χ4n) is 1.97. The fourth-order valence-corrected chi connectivity index (χ4v) is 1.97. The molecule has 4 heteroatoms. The lowest BCUT2D eigenvalue weighted by atomic mass is 10.1. The summed E-state index contributed by atoms with van der Waals surface area (Å²) in [6, 6.07) is 0. The van der Waals surface area contributed by atoms with Crippen LogP contribution in [0.15, 0.2) is 0 Å². The van der Waals surface area contributed by atoms with Crippen molar-refractivity contribution in [3.8, 4) is 0 Å². The molecule has 1 N–H and O–H groups in total. The molecule has 0 aromatic rings. The molecule has 0 aromatic carbocycles. The first-order valence-electron chi connectivity index (χ1n) is 5.35. The van der Waals surface area contributed by atoms with Gasteiger partial charge in [0, 0.05) is 6.61 Å². The maximum atomic E-state index is 9.48. The van der Waals surface area contributed by atoms with Gasteiger partial charge in [0.15, 0.2) is 0 Å². The van der Waals surface area contributed by atoms with Crippen molar-refractivity contribution in [1.29, 1.82) is 0 Å². The smallest absolute Gasteiger partial charge is 0.115 e. The van der Waals surface area contributed by atoms with Gasteiger partial charge in [-0.1, -0.05) is 13.3 Å². The Hall–Kier alpha value is -0.160. The van der Waals surface area contributed by atoms with E-state index in [1.165, 1.54) is 0 Å². The van der Waals surface area contributed by atoms with Crippen molar-refractivity contribution in [3.05, 3.63) is 0 Å². The average molecular weight is 202 g/mol. The van der Waals surface area contributed by atoms with Gasteiger partial charge in [-0.05, 0) is 6.42 Å². The maximum absolute atomic E-state index is 9.48. The second-order valence-corrected chi connectivity index (χ2v) is 3.93. The fraction of sp³-hybridized carbons (Fsp3) is 1.00. The van der Waals surface area contributed by atoms with Crippen molar-refractivity contribution in [2.75, 3.05) is 19.8 Å². The summed E-state index contributed by atoms with van der Waals surface area (Å²) in [5.74, 6) is 0. The van der Waals surface area contributed by atoms with E-state index in [1.54, 1.807) is 0 Å². The van der Waals surface area contributed by atoms with Gasteiger partial charge in [0.05, 0.1) is 13.2 Å². The van der Waals surface area contributed by atoms with E-state index >= 15 is 0 Å². The Labute approximate surface area is 84.1 Å². The van der Waals surface area contributed by atoms with Crippen LogP contribution in [0.4, 0.5) is 0 Å². The molecule has 2 aliphatic rings. The zero-order valence-corrected chi connectivity index (χ0v) is 8.52. The van der Waals surface area contributed by atoms with Crippen molar-refractivity contribution in [3.63, 3.8) is 0 Å². The molecular formula is C10H18O4. The Morgan fingerprint density at radius 2 is 2.07 bits per heavy atom. The molecule has 14 heavy (non-hydrogen) atoms. The average Bonchev–Trinajstić information content (AvgIpc) is 2.72. The van der Waals surface area contributed by atoms with Crippen LogP contribution >= 0.6 is 0 Å². The summed E-state index contributed by atoms with van der Waals surface area (Å²) in [4.78, 5) is 0. The predicted octanol–water partition coefficient (Wildman–Crippen LogP) is 0.330. The van der Waals surface area contributed by atoms with E-state index in [0.29, 0.717) is 13.2 Å². The maximum Gasteiger partial charge on any atom is 0.115 e. The first kappa shape index (κ1) is 10.4. The molecular weight excluding hydrogens is 184 g/mol. The number of aliphatic hydroxyl groups is 1. The van der Waals surface area contributed by atoms with Crippen LogP contribution in [-0.4, -0.2) is 49.3 Å². The van der Waals surface area contributed by atoms with Gasteiger partial charge in [-0.25, -0.2) is 0 Å². The molecule has 2 heterocycles. The number of fused-ring (bicyclic) bond motifs is 1. The molecule has 4 atom stereocenters. The summed E-state index contributed by atoms with van der Waals surface area (Å²) in [5, 5.41) is 9.48. The second-order valence-electron chi connectivity index (χ2n) is 3.93. The largest absolute Gasteiger partial charge is 0.388 e. The van der Waals surface area contributed by atoms with Crippen molar-refractivity contribution < 1.29 is 19.3 Å². The molecule has 82 valence electrons. The minimum atomic E-state index is -0.472. The van der Waals surface area contributed by atoms with Crippen LogP contribution in [-0.2, 0) is 14.2 Å². The number of ether oxygens (including phenoxy) is 3. The molecule has 0 bridgehead atoms. The van der Waals surface area contributed by atoms with Crippen molar-refractivity contribution >= 4 is 0 Å². The molecule has 0 unspecified atom stereocenters. The van der Waals surface area contributed by atoms with Gasteiger partial charge in [0.1, 0.15) is 24.4 Å². The summed E-state index contributed by atoms with van der Waals surface area (Å²) in [7, 11) is 0. The molecule has 2 saturated heterocycles. The van der Waals surface area contributed by atoms with Gasteiger partial charge in [-0.2, -0.15) is 0 Å². The second kappa shape index (κ2) is 4.57. The Morgan fingerprint density at radius 3 is 2.86 bits per heavy atom. The van der Waals surface area contributed by atoms with E-state index in [4.69, 9.17) is 14.2 Å². The third-order valence-corrected chi connectivity index (χ3v) is 2.81.